The lowest BCUT2D eigenvalue weighted by Crippen LogP contribution is -2.47. The second-order valence-corrected chi connectivity index (χ2v) is 5.04. The summed E-state index contributed by atoms with van der Waals surface area (Å²) in [4.78, 5) is 10.6. The maximum atomic E-state index is 5.69. The van der Waals surface area contributed by atoms with Crippen molar-refractivity contribution < 1.29 is 4.74 Å². The maximum Gasteiger partial charge on any atom is 0.147 e. The predicted octanol–water partition coefficient (Wildman–Crippen LogP) is 1.74. The Bertz CT molecular complexity index is 353. The first kappa shape index (κ1) is 11.8. The predicted molar refractivity (Wildman–Crippen MR) is 62.4 cm³/mol. The van der Waals surface area contributed by atoms with E-state index in [9.17, 15) is 0 Å². The van der Waals surface area contributed by atoms with Crippen LogP contribution in [0.1, 0.15) is 19.5 Å². The van der Waals surface area contributed by atoms with Gasteiger partial charge in [-0.3, -0.25) is 9.88 Å². The Morgan fingerprint density at radius 1 is 1.44 bits per heavy atom. The normalized spacial score (nSPS) is 20.9. The molecule has 1 aliphatic rings. The van der Waals surface area contributed by atoms with E-state index in [0.29, 0.717) is 5.15 Å². The van der Waals surface area contributed by atoms with E-state index in [4.69, 9.17) is 16.3 Å². The van der Waals surface area contributed by atoms with Crippen LogP contribution in [0.2, 0.25) is 5.15 Å². The molecule has 1 saturated heterocycles. The van der Waals surface area contributed by atoms with Gasteiger partial charge in [0.25, 0.3) is 0 Å². The fraction of sp³-hybridized carbons (Fsp3) is 0.636. The molecule has 0 unspecified atom stereocenters. The quantitative estimate of drug-likeness (QED) is 0.791. The third-order valence-electron chi connectivity index (χ3n) is 2.56. The summed E-state index contributed by atoms with van der Waals surface area (Å²) in [7, 11) is 0. The summed E-state index contributed by atoms with van der Waals surface area (Å²) in [5.74, 6) is 0. The molecule has 1 aromatic heterocycles. The minimum atomic E-state index is -0.0713. The smallest absolute Gasteiger partial charge is 0.147 e. The first-order chi connectivity index (χ1) is 7.55. The molecule has 88 valence electrons. The molecule has 2 heterocycles. The van der Waals surface area contributed by atoms with E-state index in [1.807, 2.05) is 0 Å². The summed E-state index contributed by atoms with van der Waals surface area (Å²) in [5.41, 5.74) is 0.875. The monoisotopic (exact) mass is 241 g/mol. The zero-order valence-electron chi connectivity index (χ0n) is 9.61. The van der Waals surface area contributed by atoms with Crippen LogP contribution in [0.5, 0.6) is 0 Å². The number of hydrogen-bond donors (Lipinski definition) is 0. The van der Waals surface area contributed by atoms with Crippen molar-refractivity contribution in [1.29, 1.82) is 0 Å². The summed E-state index contributed by atoms with van der Waals surface area (Å²) in [6, 6.07) is 0. The fourth-order valence-corrected chi connectivity index (χ4v) is 2.00. The van der Waals surface area contributed by atoms with E-state index >= 15 is 0 Å². The van der Waals surface area contributed by atoms with Gasteiger partial charge in [0.1, 0.15) is 5.15 Å². The second kappa shape index (κ2) is 4.65. The van der Waals surface area contributed by atoms with Crippen LogP contribution in [0.4, 0.5) is 0 Å². The van der Waals surface area contributed by atoms with Gasteiger partial charge in [0.05, 0.1) is 30.3 Å². The first-order valence-corrected chi connectivity index (χ1v) is 5.76. The SMILES string of the molecule is CC1(C)CN(Cc2cnc(Cl)cn2)CCO1. The Labute approximate surface area is 101 Å². The molecule has 0 bridgehead atoms. The Kier molecular flexibility index (Phi) is 3.42. The van der Waals surface area contributed by atoms with Crippen molar-refractivity contribution in [3.8, 4) is 0 Å². The van der Waals surface area contributed by atoms with E-state index < -0.39 is 0 Å². The molecule has 0 saturated carbocycles. The van der Waals surface area contributed by atoms with Crippen LogP contribution in [0.3, 0.4) is 0 Å². The van der Waals surface area contributed by atoms with Crippen LogP contribution in [0, 0.1) is 0 Å². The van der Waals surface area contributed by atoms with Gasteiger partial charge in [0.2, 0.25) is 0 Å². The summed E-state index contributed by atoms with van der Waals surface area (Å²) in [6.45, 7) is 7.63. The molecule has 0 spiro atoms. The number of hydrogen-bond acceptors (Lipinski definition) is 4. The van der Waals surface area contributed by atoms with Crippen molar-refractivity contribution in [2.45, 2.75) is 26.0 Å². The molecule has 4 nitrogen and oxygen atoms in total. The molecule has 1 aromatic rings. The zero-order valence-corrected chi connectivity index (χ0v) is 10.4. The molecule has 0 amide bonds. The zero-order chi connectivity index (χ0) is 11.6. The lowest BCUT2D eigenvalue weighted by Gasteiger charge is -2.37. The molecular formula is C11H16ClN3O. The van der Waals surface area contributed by atoms with Crippen molar-refractivity contribution in [1.82, 2.24) is 14.9 Å². The molecule has 2 rings (SSSR count). The molecule has 1 fully saturated rings. The lowest BCUT2D eigenvalue weighted by molar-refractivity contribution is -0.0885. The molecule has 5 heteroatoms. The van der Waals surface area contributed by atoms with Gasteiger partial charge in [-0.25, -0.2) is 4.98 Å². The van der Waals surface area contributed by atoms with E-state index in [2.05, 4.69) is 28.7 Å². The molecule has 0 N–H and O–H groups in total. The van der Waals surface area contributed by atoms with Crippen LogP contribution in [-0.2, 0) is 11.3 Å². The first-order valence-electron chi connectivity index (χ1n) is 5.38. The van der Waals surface area contributed by atoms with Gasteiger partial charge in [-0.1, -0.05) is 11.6 Å². The third-order valence-corrected chi connectivity index (χ3v) is 2.76. The van der Waals surface area contributed by atoms with E-state index in [-0.39, 0.29) is 5.60 Å². The van der Waals surface area contributed by atoms with Gasteiger partial charge < -0.3 is 4.74 Å². The van der Waals surface area contributed by atoms with Gasteiger partial charge in [-0.05, 0) is 13.8 Å². The molecule has 0 aliphatic carbocycles. The number of nitrogens with zero attached hydrogens (tertiary/aromatic N) is 3. The molecule has 0 atom stereocenters. The Morgan fingerprint density at radius 2 is 2.25 bits per heavy atom. The van der Waals surface area contributed by atoms with Crippen molar-refractivity contribution in [3.05, 3.63) is 23.2 Å². The average molecular weight is 242 g/mol. The van der Waals surface area contributed by atoms with Gasteiger partial charge >= 0.3 is 0 Å². The van der Waals surface area contributed by atoms with Crippen LogP contribution >= 0.6 is 11.6 Å². The van der Waals surface area contributed by atoms with Gasteiger partial charge in [-0.15, -0.1) is 0 Å². The van der Waals surface area contributed by atoms with E-state index in [1.165, 1.54) is 0 Å². The van der Waals surface area contributed by atoms with Crippen molar-refractivity contribution in [3.63, 3.8) is 0 Å². The summed E-state index contributed by atoms with van der Waals surface area (Å²) in [6.07, 6.45) is 3.31. The lowest BCUT2D eigenvalue weighted by atomic mass is 10.1. The highest BCUT2D eigenvalue weighted by atomic mass is 35.5. The fourth-order valence-electron chi connectivity index (χ4n) is 1.90. The van der Waals surface area contributed by atoms with Crippen LogP contribution < -0.4 is 0 Å². The minimum Gasteiger partial charge on any atom is -0.373 e. The average Bonchev–Trinajstić information content (AvgIpc) is 2.20. The van der Waals surface area contributed by atoms with Crippen molar-refractivity contribution in [2.24, 2.45) is 0 Å². The number of morpholine rings is 1. The minimum absolute atomic E-state index is 0.0713. The Morgan fingerprint density at radius 3 is 2.88 bits per heavy atom. The van der Waals surface area contributed by atoms with Gasteiger partial charge in [0, 0.05) is 19.6 Å². The molecule has 0 radical (unpaired) electrons. The summed E-state index contributed by atoms with van der Waals surface area (Å²) < 4.78 is 5.65. The van der Waals surface area contributed by atoms with Crippen LogP contribution in [0.15, 0.2) is 12.4 Å². The topological polar surface area (TPSA) is 38.2 Å². The maximum absolute atomic E-state index is 5.69. The van der Waals surface area contributed by atoms with Crippen LogP contribution in [-0.4, -0.2) is 40.2 Å². The summed E-state index contributed by atoms with van der Waals surface area (Å²) in [5, 5.41) is 0.436. The van der Waals surface area contributed by atoms with E-state index in [0.717, 1.165) is 31.9 Å². The molecule has 16 heavy (non-hydrogen) atoms. The van der Waals surface area contributed by atoms with Gasteiger partial charge in [-0.2, -0.15) is 0 Å². The third kappa shape index (κ3) is 3.14. The molecule has 1 aliphatic heterocycles. The van der Waals surface area contributed by atoms with Crippen LogP contribution in [0.25, 0.3) is 0 Å². The second-order valence-electron chi connectivity index (χ2n) is 4.65. The standard InChI is InChI=1S/C11H16ClN3O/c1-11(2)8-15(3-4-16-11)7-9-5-14-10(12)6-13-9/h5-6H,3-4,7-8H2,1-2H3. The highest BCUT2D eigenvalue weighted by Gasteiger charge is 2.27. The summed E-state index contributed by atoms with van der Waals surface area (Å²) >= 11 is 5.69. The Hall–Kier alpha value is -0.710. The number of aromatic nitrogens is 2. The number of rotatable bonds is 2. The van der Waals surface area contributed by atoms with E-state index in [1.54, 1.807) is 12.4 Å². The highest BCUT2D eigenvalue weighted by molar-refractivity contribution is 6.29. The molecule has 0 aromatic carbocycles. The van der Waals surface area contributed by atoms with Crippen molar-refractivity contribution >= 4 is 11.6 Å². The highest BCUT2D eigenvalue weighted by Crippen LogP contribution is 2.17. The number of ether oxygens (including phenoxy) is 1. The Balaban J connectivity index is 1.97. The van der Waals surface area contributed by atoms with Gasteiger partial charge in [0.15, 0.2) is 0 Å². The molecular weight excluding hydrogens is 226 g/mol. The largest absolute Gasteiger partial charge is 0.373 e. The van der Waals surface area contributed by atoms with Crippen molar-refractivity contribution in [2.75, 3.05) is 19.7 Å². The number of halogens is 1.